The highest BCUT2D eigenvalue weighted by molar-refractivity contribution is 5.89. The minimum atomic E-state index is 0.637. The monoisotopic (exact) mass is 152 g/mol. The van der Waals surface area contributed by atoms with E-state index in [1.807, 2.05) is 6.21 Å². The molecule has 0 amide bonds. The molecular weight excluding hydrogens is 136 g/mol. The van der Waals surface area contributed by atoms with Crippen molar-refractivity contribution in [1.29, 1.82) is 0 Å². The van der Waals surface area contributed by atoms with Gasteiger partial charge >= 0.3 is 0 Å². The zero-order valence-electron chi connectivity index (χ0n) is 7.38. The summed E-state index contributed by atoms with van der Waals surface area (Å²) < 4.78 is 0. The Labute approximate surface area is 68.4 Å². The summed E-state index contributed by atoms with van der Waals surface area (Å²) in [7, 11) is 0. The maximum absolute atomic E-state index is 4.13. The van der Waals surface area contributed by atoms with Gasteiger partial charge in [0, 0.05) is 11.9 Å². The average Bonchev–Trinajstić information content (AvgIpc) is 2.07. The number of nitrogens with zero attached hydrogens (tertiary/aromatic N) is 2. The highest BCUT2D eigenvalue weighted by Gasteiger charge is 2.10. The fraction of sp³-hybridized carbons (Fsp3) is 0.778. The standard InChI is InChI=1S/C9H16N2/c1-3-5-8(2)9-6-4-7-10-11-9/h7-8H,3-6H2,1-2H3. The van der Waals surface area contributed by atoms with Crippen molar-refractivity contribution in [3.05, 3.63) is 0 Å². The molecule has 0 aliphatic carbocycles. The summed E-state index contributed by atoms with van der Waals surface area (Å²) in [5.41, 5.74) is 1.29. The first kappa shape index (κ1) is 8.44. The number of hydrogen-bond donors (Lipinski definition) is 0. The summed E-state index contributed by atoms with van der Waals surface area (Å²) >= 11 is 0. The Bertz CT molecular complexity index is 170. The Morgan fingerprint density at radius 2 is 2.45 bits per heavy atom. The smallest absolute Gasteiger partial charge is 0.0437 e. The lowest BCUT2D eigenvalue weighted by Crippen LogP contribution is -2.12. The fourth-order valence-electron chi connectivity index (χ4n) is 1.38. The molecule has 1 heterocycles. The molecule has 0 aromatic rings. The van der Waals surface area contributed by atoms with Crippen molar-refractivity contribution in [1.82, 2.24) is 0 Å². The Balaban J connectivity index is 2.44. The highest BCUT2D eigenvalue weighted by atomic mass is 15.2. The summed E-state index contributed by atoms with van der Waals surface area (Å²) in [5.74, 6) is 0.637. The fourth-order valence-corrected chi connectivity index (χ4v) is 1.38. The van der Waals surface area contributed by atoms with Crippen molar-refractivity contribution in [3.8, 4) is 0 Å². The Morgan fingerprint density at radius 1 is 1.64 bits per heavy atom. The third-order valence-electron chi connectivity index (χ3n) is 2.09. The molecule has 1 aliphatic rings. The lowest BCUT2D eigenvalue weighted by atomic mass is 9.96. The van der Waals surface area contributed by atoms with E-state index in [1.165, 1.54) is 18.6 Å². The van der Waals surface area contributed by atoms with Crippen LogP contribution in [0.5, 0.6) is 0 Å². The van der Waals surface area contributed by atoms with Gasteiger partial charge in [0.2, 0.25) is 0 Å². The molecule has 1 atom stereocenters. The van der Waals surface area contributed by atoms with Gasteiger partial charge in [0.15, 0.2) is 0 Å². The highest BCUT2D eigenvalue weighted by Crippen LogP contribution is 2.13. The van der Waals surface area contributed by atoms with E-state index in [0.29, 0.717) is 5.92 Å². The van der Waals surface area contributed by atoms with E-state index in [0.717, 1.165) is 12.8 Å². The van der Waals surface area contributed by atoms with Gasteiger partial charge in [-0.1, -0.05) is 20.3 Å². The second-order valence-electron chi connectivity index (χ2n) is 3.12. The second-order valence-corrected chi connectivity index (χ2v) is 3.12. The van der Waals surface area contributed by atoms with Gasteiger partial charge in [-0.15, -0.1) is 0 Å². The topological polar surface area (TPSA) is 24.7 Å². The SMILES string of the molecule is CCCC(C)C1=NN=CCC1. The first-order valence-corrected chi connectivity index (χ1v) is 4.42. The molecule has 62 valence electrons. The molecule has 1 aliphatic heterocycles. The summed E-state index contributed by atoms with van der Waals surface area (Å²) in [6.45, 7) is 4.45. The van der Waals surface area contributed by atoms with Crippen LogP contribution in [-0.2, 0) is 0 Å². The van der Waals surface area contributed by atoms with Crippen LogP contribution in [-0.4, -0.2) is 11.9 Å². The normalized spacial score (nSPS) is 19.6. The maximum Gasteiger partial charge on any atom is 0.0437 e. The molecular formula is C9H16N2. The first-order chi connectivity index (χ1) is 5.34. The van der Waals surface area contributed by atoms with Crippen molar-refractivity contribution >= 4 is 11.9 Å². The van der Waals surface area contributed by atoms with Crippen LogP contribution < -0.4 is 0 Å². The van der Waals surface area contributed by atoms with E-state index in [2.05, 4.69) is 24.1 Å². The molecule has 0 spiro atoms. The summed E-state index contributed by atoms with van der Waals surface area (Å²) in [6.07, 6.45) is 6.57. The molecule has 2 nitrogen and oxygen atoms in total. The minimum Gasteiger partial charge on any atom is -0.164 e. The van der Waals surface area contributed by atoms with Gasteiger partial charge in [0.05, 0.1) is 0 Å². The Kier molecular flexibility index (Phi) is 3.27. The summed E-state index contributed by atoms with van der Waals surface area (Å²) in [4.78, 5) is 0. The van der Waals surface area contributed by atoms with Gasteiger partial charge in [-0.2, -0.15) is 10.2 Å². The van der Waals surface area contributed by atoms with Crippen LogP contribution in [0.25, 0.3) is 0 Å². The van der Waals surface area contributed by atoms with Gasteiger partial charge < -0.3 is 0 Å². The van der Waals surface area contributed by atoms with Crippen molar-refractivity contribution in [2.75, 3.05) is 0 Å². The molecule has 0 radical (unpaired) electrons. The van der Waals surface area contributed by atoms with Gasteiger partial charge in [0.1, 0.15) is 0 Å². The van der Waals surface area contributed by atoms with Crippen molar-refractivity contribution in [2.24, 2.45) is 16.1 Å². The first-order valence-electron chi connectivity index (χ1n) is 4.42. The van der Waals surface area contributed by atoms with Gasteiger partial charge in [0.25, 0.3) is 0 Å². The molecule has 0 fully saturated rings. The van der Waals surface area contributed by atoms with Gasteiger partial charge in [-0.25, -0.2) is 0 Å². The van der Waals surface area contributed by atoms with E-state index in [4.69, 9.17) is 0 Å². The summed E-state index contributed by atoms with van der Waals surface area (Å²) in [6, 6.07) is 0. The van der Waals surface area contributed by atoms with Crippen LogP contribution in [0.2, 0.25) is 0 Å². The second kappa shape index (κ2) is 4.27. The number of rotatable bonds is 3. The lowest BCUT2D eigenvalue weighted by molar-refractivity contribution is 0.651. The Hall–Kier alpha value is -0.660. The predicted molar refractivity (Wildman–Crippen MR) is 49.2 cm³/mol. The molecule has 0 N–H and O–H groups in total. The van der Waals surface area contributed by atoms with E-state index in [9.17, 15) is 0 Å². The van der Waals surface area contributed by atoms with Crippen molar-refractivity contribution < 1.29 is 0 Å². The van der Waals surface area contributed by atoms with E-state index < -0.39 is 0 Å². The molecule has 0 aromatic heterocycles. The van der Waals surface area contributed by atoms with E-state index >= 15 is 0 Å². The summed E-state index contributed by atoms with van der Waals surface area (Å²) in [5, 5.41) is 8.06. The largest absolute Gasteiger partial charge is 0.164 e. The quantitative estimate of drug-likeness (QED) is 0.594. The van der Waals surface area contributed by atoms with Crippen LogP contribution in [0.15, 0.2) is 10.2 Å². The average molecular weight is 152 g/mol. The van der Waals surface area contributed by atoms with Gasteiger partial charge in [-0.05, 0) is 25.2 Å². The third-order valence-corrected chi connectivity index (χ3v) is 2.09. The molecule has 11 heavy (non-hydrogen) atoms. The molecule has 0 saturated heterocycles. The van der Waals surface area contributed by atoms with Crippen molar-refractivity contribution in [3.63, 3.8) is 0 Å². The van der Waals surface area contributed by atoms with Crippen molar-refractivity contribution in [2.45, 2.75) is 39.5 Å². The van der Waals surface area contributed by atoms with Crippen LogP contribution in [0.1, 0.15) is 39.5 Å². The minimum absolute atomic E-state index is 0.637. The van der Waals surface area contributed by atoms with Gasteiger partial charge in [-0.3, -0.25) is 0 Å². The van der Waals surface area contributed by atoms with Crippen LogP contribution >= 0.6 is 0 Å². The molecule has 1 unspecified atom stereocenters. The molecule has 2 heteroatoms. The molecule has 0 saturated carbocycles. The molecule has 0 aromatic carbocycles. The lowest BCUT2D eigenvalue weighted by Gasteiger charge is -2.13. The molecule has 1 rings (SSSR count). The zero-order chi connectivity index (χ0) is 8.10. The van der Waals surface area contributed by atoms with Crippen LogP contribution in [0.3, 0.4) is 0 Å². The number of hydrogen-bond acceptors (Lipinski definition) is 2. The van der Waals surface area contributed by atoms with Crippen LogP contribution in [0.4, 0.5) is 0 Å². The molecule has 0 bridgehead atoms. The Morgan fingerprint density at radius 3 is 3.00 bits per heavy atom. The van der Waals surface area contributed by atoms with Crippen LogP contribution in [0, 0.1) is 5.92 Å². The van der Waals surface area contributed by atoms with E-state index in [1.54, 1.807) is 0 Å². The predicted octanol–water partition coefficient (Wildman–Crippen LogP) is 2.64. The van der Waals surface area contributed by atoms with E-state index in [-0.39, 0.29) is 0 Å². The third kappa shape index (κ3) is 2.45. The maximum atomic E-state index is 4.13. The zero-order valence-corrected chi connectivity index (χ0v) is 7.38.